The lowest BCUT2D eigenvalue weighted by Crippen LogP contribution is -2.08. The van der Waals surface area contributed by atoms with Gasteiger partial charge in [-0.25, -0.2) is 0 Å². The van der Waals surface area contributed by atoms with Gasteiger partial charge in [-0.2, -0.15) is 10.5 Å². The molecule has 0 atom stereocenters. The fourth-order valence-electron chi connectivity index (χ4n) is 3.68. The van der Waals surface area contributed by atoms with Crippen LogP contribution in [0.2, 0.25) is 0 Å². The van der Waals surface area contributed by atoms with Crippen molar-refractivity contribution < 1.29 is 9.47 Å². The molecule has 0 aromatic heterocycles. The second-order valence-electron chi connectivity index (χ2n) is 8.11. The van der Waals surface area contributed by atoms with E-state index in [1.165, 1.54) is 51.4 Å². The second kappa shape index (κ2) is 15.6. The molecule has 0 heterocycles. The number of hydrogen-bond acceptors (Lipinski definition) is 4. The van der Waals surface area contributed by atoms with Gasteiger partial charge in [-0.3, -0.25) is 0 Å². The van der Waals surface area contributed by atoms with Gasteiger partial charge < -0.3 is 9.47 Å². The minimum Gasteiger partial charge on any atom is -0.489 e. The molecule has 4 nitrogen and oxygen atoms in total. The van der Waals surface area contributed by atoms with Gasteiger partial charge in [0.2, 0.25) is 0 Å². The highest BCUT2D eigenvalue weighted by Gasteiger charge is 2.22. The number of unbranched alkanes of at least 4 members (excludes halogenated alkanes) is 10. The molecule has 4 heteroatoms. The van der Waals surface area contributed by atoms with Gasteiger partial charge in [0.25, 0.3) is 0 Å². The Labute approximate surface area is 184 Å². The molecule has 0 bridgehead atoms. The van der Waals surface area contributed by atoms with Crippen molar-refractivity contribution in [3.05, 3.63) is 22.3 Å². The zero-order valence-electron chi connectivity index (χ0n) is 19.6. The van der Waals surface area contributed by atoms with Crippen LogP contribution in [0.15, 0.2) is 0 Å². The summed E-state index contributed by atoms with van der Waals surface area (Å²) in [5.41, 5.74) is 2.23. The topological polar surface area (TPSA) is 66.0 Å². The molecule has 0 N–H and O–H groups in total. The first-order chi connectivity index (χ1) is 14.6. The van der Waals surface area contributed by atoms with Crippen LogP contribution in [0.1, 0.15) is 113 Å². The van der Waals surface area contributed by atoms with Crippen LogP contribution in [0.3, 0.4) is 0 Å². The molecule has 0 amide bonds. The van der Waals surface area contributed by atoms with E-state index >= 15 is 0 Å². The Morgan fingerprint density at radius 1 is 0.567 bits per heavy atom. The average molecular weight is 413 g/mol. The van der Waals surface area contributed by atoms with Gasteiger partial charge >= 0.3 is 0 Å². The Morgan fingerprint density at radius 3 is 1.23 bits per heavy atom. The molecule has 1 rings (SSSR count). The minimum atomic E-state index is 0.403. The van der Waals surface area contributed by atoms with Crippen molar-refractivity contribution in [1.82, 2.24) is 0 Å². The minimum absolute atomic E-state index is 0.403. The van der Waals surface area contributed by atoms with Crippen LogP contribution in [-0.2, 0) is 0 Å². The summed E-state index contributed by atoms with van der Waals surface area (Å²) in [6, 6.07) is 4.37. The monoisotopic (exact) mass is 412 g/mol. The third kappa shape index (κ3) is 8.27. The van der Waals surface area contributed by atoms with E-state index in [9.17, 15) is 10.5 Å². The molecular weight excluding hydrogens is 372 g/mol. The number of benzene rings is 1. The number of nitriles is 2. The summed E-state index contributed by atoms with van der Waals surface area (Å²) in [4.78, 5) is 0. The summed E-state index contributed by atoms with van der Waals surface area (Å²) in [7, 11) is 0. The highest BCUT2D eigenvalue weighted by Crippen LogP contribution is 2.39. The highest BCUT2D eigenvalue weighted by atomic mass is 16.5. The maximum Gasteiger partial charge on any atom is 0.165 e. The van der Waals surface area contributed by atoms with E-state index in [1.807, 2.05) is 13.8 Å². The first-order valence-electron chi connectivity index (χ1n) is 11.8. The number of nitrogens with zero attached hydrogens (tertiary/aromatic N) is 2. The molecule has 30 heavy (non-hydrogen) atoms. The smallest absolute Gasteiger partial charge is 0.165 e. The normalized spacial score (nSPS) is 10.5. The van der Waals surface area contributed by atoms with Gasteiger partial charge in [-0.15, -0.1) is 0 Å². The van der Waals surface area contributed by atoms with Crippen LogP contribution in [0.4, 0.5) is 0 Å². The van der Waals surface area contributed by atoms with Crippen LogP contribution >= 0.6 is 0 Å². The van der Waals surface area contributed by atoms with E-state index in [0.717, 1.165) is 25.7 Å². The summed E-state index contributed by atoms with van der Waals surface area (Å²) in [5, 5.41) is 19.2. The SMILES string of the molecule is CCCCCCCCOc1c(C)c(C#N)c(C#N)c(C)c1OCCCCCCCC. The van der Waals surface area contributed by atoms with Crippen LogP contribution in [-0.4, -0.2) is 13.2 Å². The van der Waals surface area contributed by atoms with Crippen molar-refractivity contribution in [3.8, 4) is 23.6 Å². The molecule has 0 fully saturated rings. The van der Waals surface area contributed by atoms with Crippen molar-refractivity contribution in [3.63, 3.8) is 0 Å². The maximum atomic E-state index is 9.58. The van der Waals surface area contributed by atoms with Gasteiger partial charge in [-0.1, -0.05) is 78.1 Å². The van der Waals surface area contributed by atoms with Gasteiger partial charge in [-0.05, 0) is 26.7 Å². The van der Waals surface area contributed by atoms with E-state index in [4.69, 9.17) is 9.47 Å². The molecule has 0 saturated heterocycles. The Balaban J connectivity index is 2.81. The van der Waals surface area contributed by atoms with E-state index in [0.29, 0.717) is 47.0 Å². The highest BCUT2D eigenvalue weighted by molar-refractivity contribution is 5.66. The van der Waals surface area contributed by atoms with Crippen molar-refractivity contribution in [2.45, 2.75) is 105 Å². The van der Waals surface area contributed by atoms with Crippen LogP contribution in [0.5, 0.6) is 11.5 Å². The van der Waals surface area contributed by atoms with Crippen molar-refractivity contribution in [2.24, 2.45) is 0 Å². The molecule has 0 spiro atoms. The first kappa shape index (κ1) is 25.8. The third-order valence-electron chi connectivity index (χ3n) is 5.60. The van der Waals surface area contributed by atoms with E-state index in [1.54, 1.807) is 0 Å². The fourth-order valence-corrected chi connectivity index (χ4v) is 3.68. The summed E-state index contributed by atoms with van der Waals surface area (Å²) >= 11 is 0. The lowest BCUT2D eigenvalue weighted by molar-refractivity contribution is 0.255. The molecule has 166 valence electrons. The Kier molecular flexibility index (Phi) is 13.4. The van der Waals surface area contributed by atoms with Gasteiger partial charge in [0, 0.05) is 11.1 Å². The lowest BCUT2D eigenvalue weighted by atomic mass is 9.96. The van der Waals surface area contributed by atoms with Gasteiger partial charge in [0.1, 0.15) is 12.1 Å². The van der Waals surface area contributed by atoms with Crippen molar-refractivity contribution in [2.75, 3.05) is 13.2 Å². The predicted octanol–water partition coefficient (Wildman–Crippen LogP) is 7.53. The largest absolute Gasteiger partial charge is 0.489 e. The fraction of sp³-hybridized carbons (Fsp3) is 0.692. The summed E-state index contributed by atoms with van der Waals surface area (Å²) in [6.45, 7) is 9.37. The average Bonchev–Trinajstić information content (AvgIpc) is 2.75. The maximum absolute atomic E-state index is 9.58. The van der Waals surface area contributed by atoms with Gasteiger partial charge in [0.15, 0.2) is 11.5 Å². The summed E-state index contributed by atoms with van der Waals surface area (Å²) in [5.74, 6) is 1.28. The summed E-state index contributed by atoms with van der Waals surface area (Å²) < 4.78 is 12.2. The molecular formula is C26H40N2O2. The van der Waals surface area contributed by atoms with E-state index in [2.05, 4.69) is 26.0 Å². The second-order valence-corrected chi connectivity index (χ2v) is 8.11. The Morgan fingerprint density at radius 2 is 0.900 bits per heavy atom. The third-order valence-corrected chi connectivity index (χ3v) is 5.60. The van der Waals surface area contributed by atoms with Crippen LogP contribution < -0.4 is 9.47 Å². The summed E-state index contributed by atoms with van der Waals surface area (Å²) in [6.07, 6.45) is 14.3. The molecule has 0 aliphatic heterocycles. The number of hydrogen-bond donors (Lipinski definition) is 0. The quantitative estimate of drug-likeness (QED) is 0.263. The molecule has 0 saturated carbocycles. The van der Waals surface area contributed by atoms with Crippen molar-refractivity contribution in [1.29, 1.82) is 10.5 Å². The standard InChI is InChI=1S/C26H40N2O2/c1-5-7-9-11-13-15-17-29-25-21(3)23(19-27)24(20-28)22(4)26(25)30-18-16-14-12-10-8-6-2/h5-18H2,1-4H3. The van der Waals surface area contributed by atoms with Crippen molar-refractivity contribution >= 4 is 0 Å². The lowest BCUT2D eigenvalue weighted by Gasteiger charge is -2.19. The molecule has 1 aromatic carbocycles. The number of ether oxygens (including phenoxy) is 2. The predicted molar refractivity (Wildman–Crippen MR) is 123 cm³/mol. The van der Waals surface area contributed by atoms with E-state index < -0.39 is 0 Å². The molecule has 1 aromatic rings. The van der Waals surface area contributed by atoms with Crippen LogP contribution in [0, 0.1) is 36.5 Å². The zero-order valence-corrected chi connectivity index (χ0v) is 19.6. The van der Waals surface area contributed by atoms with Gasteiger partial charge in [0.05, 0.1) is 24.3 Å². The number of rotatable bonds is 16. The molecule has 0 aliphatic carbocycles. The first-order valence-corrected chi connectivity index (χ1v) is 11.8. The Bertz CT molecular complexity index is 652. The van der Waals surface area contributed by atoms with Crippen LogP contribution in [0.25, 0.3) is 0 Å². The molecule has 0 aliphatic rings. The molecule has 0 radical (unpaired) electrons. The molecule has 0 unspecified atom stereocenters. The van der Waals surface area contributed by atoms with E-state index in [-0.39, 0.29) is 0 Å². The zero-order chi connectivity index (χ0) is 22.2. The Hall–Kier alpha value is -2.20.